The summed E-state index contributed by atoms with van der Waals surface area (Å²) in [6, 6.07) is 4.41. The van der Waals surface area contributed by atoms with Crippen LogP contribution in [0.4, 0.5) is 4.79 Å². The molecule has 0 saturated carbocycles. The largest absolute Gasteiger partial charge is 0.465 e. The summed E-state index contributed by atoms with van der Waals surface area (Å²) in [4.78, 5) is 12.0. The van der Waals surface area contributed by atoms with Gasteiger partial charge in [0.05, 0.1) is 4.90 Å². The minimum absolute atomic E-state index is 0.0125. The van der Waals surface area contributed by atoms with Crippen molar-refractivity contribution in [1.29, 1.82) is 0 Å². The number of nitrogens with zero attached hydrogens (tertiary/aromatic N) is 1. The van der Waals surface area contributed by atoms with Gasteiger partial charge in [0.15, 0.2) is 0 Å². The van der Waals surface area contributed by atoms with E-state index in [0.717, 1.165) is 5.56 Å². The quantitative estimate of drug-likeness (QED) is 0.740. The standard InChI is InChI=1S/C9H10N2O4S/c10-16(14,15)8-2-1-6-4-11(9(12)13)5-7(6)3-8/h1-3H,4-5H2,(H,12,13)(H2,10,14,15). The molecule has 86 valence electrons. The fourth-order valence-electron chi connectivity index (χ4n) is 1.68. The van der Waals surface area contributed by atoms with Gasteiger partial charge < -0.3 is 5.11 Å². The molecule has 1 aromatic rings. The van der Waals surface area contributed by atoms with E-state index in [1.54, 1.807) is 6.07 Å². The maximum atomic E-state index is 11.1. The molecule has 1 aliphatic rings. The Labute approximate surface area is 92.3 Å². The van der Waals surface area contributed by atoms with Gasteiger partial charge in [-0.15, -0.1) is 0 Å². The van der Waals surface area contributed by atoms with Gasteiger partial charge in [0, 0.05) is 13.1 Å². The Hall–Kier alpha value is -1.60. The van der Waals surface area contributed by atoms with E-state index >= 15 is 0 Å². The summed E-state index contributed by atoms with van der Waals surface area (Å²) >= 11 is 0. The first-order chi connectivity index (χ1) is 7.38. The maximum Gasteiger partial charge on any atom is 0.407 e. The third-order valence-electron chi connectivity index (χ3n) is 2.50. The van der Waals surface area contributed by atoms with Crippen LogP contribution in [-0.2, 0) is 23.1 Å². The van der Waals surface area contributed by atoms with E-state index in [9.17, 15) is 13.2 Å². The minimum atomic E-state index is -3.73. The number of primary sulfonamides is 1. The lowest BCUT2D eigenvalue weighted by atomic mass is 10.1. The van der Waals surface area contributed by atoms with Crippen LogP contribution in [0.2, 0.25) is 0 Å². The first kappa shape index (κ1) is 10.9. The predicted octanol–water partition coefficient (Wildman–Crippen LogP) is 0.328. The van der Waals surface area contributed by atoms with Gasteiger partial charge in [-0.3, -0.25) is 4.90 Å². The molecule has 0 aromatic heterocycles. The molecule has 2 rings (SSSR count). The fourth-order valence-corrected chi connectivity index (χ4v) is 2.25. The van der Waals surface area contributed by atoms with Gasteiger partial charge in [-0.1, -0.05) is 6.07 Å². The summed E-state index contributed by atoms with van der Waals surface area (Å²) in [5.41, 5.74) is 1.50. The molecule has 0 bridgehead atoms. The molecular weight excluding hydrogens is 232 g/mol. The minimum Gasteiger partial charge on any atom is -0.465 e. The number of amides is 1. The number of hydrogen-bond donors (Lipinski definition) is 2. The molecule has 7 heteroatoms. The molecule has 0 radical (unpaired) electrons. The molecule has 0 unspecified atom stereocenters. The monoisotopic (exact) mass is 242 g/mol. The van der Waals surface area contributed by atoms with Gasteiger partial charge in [-0.2, -0.15) is 0 Å². The van der Waals surface area contributed by atoms with E-state index < -0.39 is 16.1 Å². The lowest BCUT2D eigenvalue weighted by molar-refractivity contribution is 0.145. The molecule has 6 nitrogen and oxygen atoms in total. The van der Waals surface area contributed by atoms with Gasteiger partial charge in [0.25, 0.3) is 0 Å². The van der Waals surface area contributed by atoms with Gasteiger partial charge in [0.2, 0.25) is 10.0 Å². The summed E-state index contributed by atoms with van der Waals surface area (Å²) in [6.07, 6.45) is -1.02. The highest BCUT2D eigenvalue weighted by atomic mass is 32.2. The Balaban J connectivity index is 2.39. The molecule has 0 spiro atoms. The first-order valence-corrected chi connectivity index (χ1v) is 6.05. The number of rotatable bonds is 1. The normalized spacial score (nSPS) is 14.9. The zero-order valence-corrected chi connectivity index (χ0v) is 9.07. The molecule has 1 amide bonds. The van der Waals surface area contributed by atoms with Crippen molar-refractivity contribution < 1.29 is 18.3 Å². The Morgan fingerprint density at radius 2 is 1.94 bits per heavy atom. The average molecular weight is 242 g/mol. The molecule has 0 aliphatic carbocycles. The zero-order chi connectivity index (χ0) is 11.9. The van der Waals surface area contributed by atoms with Crippen molar-refractivity contribution in [2.75, 3.05) is 0 Å². The lowest BCUT2D eigenvalue weighted by Crippen LogP contribution is -2.22. The highest BCUT2D eigenvalue weighted by Gasteiger charge is 2.24. The topological polar surface area (TPSA) is 101 Å². The van der Waals surface area contributed by atoms with Gasteiger partial charge in [-0.05, 0) is 23.3 Å². The van der Waals surface area contributed by atoms with Gasteiger partial charge in [0.1, 0.15) is 0 Å². The fraction of sp³-hybridized carbons (Fsp3) is 0.222. The van der Waals surface area contributed by atoms with Crippen molar-refractivity contribution in [2.24, 2.45) is 5.14 Å². The Bertz CT molecular complexity index is 553. The van der Waals surface area contributed by atoms with Crippen LogP contribution in [0.1, 0.15) is 11.1 Å². The summed E-state index contributed by atoms with van der Waals surface area (Å²) in [5.74, 6) is 0. The second-order valence-corrected chi connectivity index (χ2v) is 5.18. The third-order valence-corrected chi connectivity index (χ3v) is 3.41. The smallest absolute Gasteiger partial charge is 0.407 e. The van der Waals surface area contributed by atoms with E-state index in [1.807, 2.05) is 0 Å². The average Bonchev–Trinajstić information content (AvgIpc) is 2.58. The van der Waals surface area contributed by atoms with Crippen molar-refractivity contribution in [3.05, 3.63) is 29.3 Å². The number of fused-ring (bicyclic) bond motifs is 1. The van der Waals surface area contributed by atoms with Crippen LogP contribution >= 0.6 is 0 Å². The van der Waals surface area contributed by atoms with Crippen molar-refractivity contribution in [2.45, 2.75) is 18.0 Å². The highest BCUT2D eigenvalue weighted by Crippen LogP contribution is 2.24. The molecule has 16 heavy (non-hydrogen) atoms. The van der Waals surface area contributed by atoms with Gasteiger partial charge >= 0.3 is 6.09 Å². The molecule has 1 heterocycles. The molecule has 0 saturated heterocycles. The van der Waals surface area contributed by atoms with Crippen LogP contribution in [0.5, 0.6) is 0 Å². The maximum absolute atomic E-state index is 11.1. The van der Waals surface area contributed by atoms with Crippen LogP contribution < -0.4 is 5.14 Å². The van der Waals surface area contributed by atoms with Crippen LogP contribution in [0.3, 0.4) is 0 Å². The number of sulfonamides is 1. The Morgan fingerprint density at radius 3 is 2.50 bits per heavy atom. The number of nitrogens with two attached hydrogens (primary N) is 1. The van der Waals surface area contributed by atoms with E-state index in [1.165, 1.54) is 17.0 Å². The van der Waals surface area contributed by atoms with E-state index in [2.05, 4.69) is 0 Å². The molecule has 1 aliphatic heterocycles. The van der Waals surface area contributed by atoms with Crippen molar-refractivity contribution in [3.8, 4) is 0 Å². The van der Waals surface area contributed by atoms with Crippen molar-refractivity contribution >= 4 is 16.1 Å². The van der Waals surface area contributed by atoms with E-state index in [4.69, 9.17) is 10.2 Å². The van der Waals surface area contributed by atoms with E-state index in [-0.39, 0.29) is 18.0 Å². The van der Waals surface area contributed by atoms with Crippen molar-refractivity contribution in [1.82, 2.24) is 4.90 Å². The van der Waals surface area contributed by atoms with Gasteiger partial charge in [-0.25, -0.2) is 18.4 Å². The molecule has 0 fully saturated rings. The van der Waals surface area contributed by atoms with Crippen LogP contribution in [0, 0.1) is 0 Å². The van der Waals surface area contributed by atoms with Crippen molar-refractivity contribution in [3.63, 3.8) is 0 Å². The first-order valence-electron chi connectivity index (χ1n) is 4.50. The van der Waals surface area contributed by atoms with Crippen LogP contribution in [0.15, 0.2) is 23.1 Å². The molecular formula is C9H10N2O4S. The number of carbonyl (C=O) groups is 1. The molecule has 0 atom stereocenters. The van der Waals surface area contributed by atoms with E-state index in [0.29, 0.717) is 5.56 Å². The summed E-state index contributed by atoms with van der Waals surface area (Å²) in [5, 5.41) is 13.8. The summed E-state index contributed by atoms with van der Waals surface area (Å²) in [7, 11) is -3.73. The highest BCUT2D eigenvalue weighted by molar-refractivity contribution is 7.89. The second-order valence-electron chi connectivity index (χ2n) is 3.61. The van der Waals surface area contributed by atoms with Crippen LogP contribution in [-0.4, -0.2) is 24.5 Å². The number of benzene rings is 1. The third kappa shape index (κ3) is 1.86. The lowest BCUT2D eigenvalue weighted by Gasteiger charge is -2.08. The van der Waals surface area contributed by atoms with Crippen LogP contribution in [0.25, 0.3) is 0 Å². The number of carboxylic acid groups (broad SMARTS) is 1. The Kier molecular flexibility index (Phi) is 2.36. The number of hydrogen-bond acceptors (Lipinski definition) is 3. The molecule has 3 N–H and O–H groups in total. The summed E-state index contributed by atoms with van der Waals surface area (Å²) in [6.45, 7) is 0.490. The second kappa shape index (κ2) is 3.46. The zero-order valence-electron chi connectivity index (χ0n) is 8.25. The SMILES string of the molecule is NS(=O)(=O)c1ccc2c(c1)CN(C(=O)O)C2. The predicted molar refractivity (Wildman–Crippen MR) is 55.1 cm³/mol. The Morgan fingerprint density at radius 1 is 1.31 bits per heavy atom. The summed E-state index contributed by atoms with van der Waals surface area (Å²) < 4.78 is 22.2. The molecule has 1 aromatic carbocycles.